The van der Waals surface area contributed by atoms with Crippen LogP contribution in [-0.4, -0.2) is 4.57 Å². The summed E-state index contributed by atoms with van der Waals surface area (Å²) in [5, 5.41) is 0. The number of nitrogens with zero attached hydrogens (tertiary/aromatic N) is 2. The van der Waals surface area contributed by atoms with Gasteiger partial charge < -0.3 is 0 Å². The second-order valence-corrected chi connectivity index (χ2v) is 6.77. The average molecular weight is 314 g/mol. The van der Waals surface area contributed by atoms with Gasteiger partial charge in [-0.25, -0.2) is 9.13 Å². The van der Waals surface area contributed by atoms with Crippen molar-refractivity contribution in [3.8, 4) is 11.4 Å². The molecule has 0 aliphatic heterocycles. The molecule has 2 nitrogen and oxygen atoms in total. The topological polar surface area (TPSA) is 8.81 Å². The molecule has 1 heterocycles. The summed E-state index contributed by atoms with van der Waals surface area (Å²) in [6.45, 7) is 15.8. The van der Waals surface area contributed by atoms with Crippen molar-refractivity contribution in [1.29, 1.82) is 0 Å². The molecule has 0 unspecified atom stereocenters. The fourth-order valence-corrected chi connectivity index (χ4v) is 3.47. The summed E-state index contributed by atoms with van der Waals surface area (Å²) < 4.78 is 5.12. The first kappa shape index (κ1) is 17.8. The van der Waals surface area contributed by atoms with Crippen molar-refractivity contribution in [3.05, 3.63) is 40.7 Å². The summed E-state index contributed by atoms with van der Waals surface area (Å²) in [5.41, 5.74) is 7.03. The monoisotopic (exact) mass is 313 g/mol. The molecule has 0 radical (unpaired) electrons. The Kier molecular flexibility index (Phi) is 6.04. The van der Waals surface area contributed by atoms with E-state index in [9.17, 15) is 0 Å². The van der Waals surface area contributed by atoms with Gasteiger partial charge in [0.05, 0.1) is 18.7 Å². The molecule has 0 amide bonds. The normalized spacial score (nSPS) is 11.2. The van der Waals surface area contributed by atoms with Crippen LogP contribution in [0.3, 0.4) is 0 Å². The number of aryl methyl sites for hydroxylation is 2. The molecule has 0 saturated heterocycles. The Morgan fingerprint density at radius 3 is 2.09 bits per heavy atom. The Morgan fingerprint density at radius 1 is 0.913 bits per heavy atom. The number of imidazole rings is 1. The molecule has 0 spiro atoms. The third-order valence-electron chi connectivity index (χ3n) is 5.02. The maximum absolute atomic E-state index is 2.56. The van der Waals surface area contributed by atoms with Crippen molar-refractivity contribution >= 4 is 0 Å². The first-order valence-electron chi connectivity index (χ1n) is 9.19. The lowest BCUT2D eigenvalue weighted by atomic mass is 10.0. The summed E-state index contributed by atoms with van der Waals surface area (Å²) in [6, 6.07) is 6.66. The Hall–Kier alpha value is -1.57. The van der Waals surface area contributed by atoms with Gasteiger partial charge in [0.25, 0.3) is 5.82 Å². The van der Waals surface area contributed by atoms with Crippen LogP contribution >= 0.6 is 0 Å². The van der Waals surface area contributed by atoms with E-state index >= 15 is 0 Å². The molecule has 126 valence electrons. The van der Waals surface area contributed by atoms with Gasteiger partial charge in [-0.3, -0.25) is 0 Å². The van der Waals surface area contributed by atoms with Gasteiger partial charge in [0.2, 0.25) is 0 Å². The molecule has 0 aliphatic carbocycles. The summed E-state index contributed by atoms with van der Waals surface area (Å²) in [5.74, 6) is 1.41. The molecule has 1 aromatic heterocycles. The van der Waals surface area contributed by atoms with Crippen LogP contribution in [0.15, 0.2) is 18.2 Å². The first-order valence-corrected chi connectivity index (χ1v) is 9.19. The highest BCUT2D eigenvalue weighted by Gasteiger charge is 2.28. The zero-order valence-electron chi connectivity index (χ0n) is 15.9. The fraction of sp³-hybridized carbons (Fsp3) is 0.571. The second-order valence-electron chi connectivity index (χ2n) is 6.77. The van der Waals surface area contributed by atoms with Gasteiger partial charge >= 0.3 is 0 Å². The highest BCUT2D eigenvalue weighted by atomic mass is 15.2. The average Bonchev–Trinajstić information content (AvgIpc) is 2.75. The molecule has 2 aromatic rings. The van der Waals surface area contributed by atoms with Gasteiger partial charge in [-0.2, -0.15) is 0 Å². The third-order valence-corrected chi connectivity index (χ3v) is 5.02. The van der Waals surface area contributed by atoms with Crippen LogP contribution in [0.2, 0.25) is 0 Å². The Labute approximate surface area is 142 Å². The van der Waals surface area contributed by atoms with Crippen molar-refractivity contribution in [2.24, 2.45) is 0 Å². The molecule has 1 aromatic carbocycles. The van der Waals surface area contributed by atoms with E-state index in [-0.39, 0.29) is 0 Å². The predicted molar refractivity (Wildman–Crippen MR) is 98.8 cm³/mol. The van der Waals surface area contributed by atoms with Crippen LogP contribution in [0.5, 0.6) is 0 Å². The van der Waals surface area contributed by atoms with Crippen molar-refractivity contribution in [2.45, 2.75) is 80.3 Å². The third kappa shape index (κ3) is 3.52. The molecule has 0 N–H and O–H groups in total. The molecule has 2 rings (SSSR count). The minimum atomic E-state index is 1.12. The van der Waals surface area contributed by atoms with E-state index in [0.717, 1.165) is 13.1 Å². The Balaban J connectivity index is 2.69. The molecular formula is C21H33N2+. The van der Waals surface area contributed by atoms with E-state index in [0.29, 0.717) is 0 Å². The molecular weight excluding hydrogens is 280 g/mol. The standard InChI is InChI=1S/C21H33N2/c1-7-9-14-22-18(5)19(6)23(15-10-8-2)21(22)20-16(3)12-11-13-17(20)4/h11-13H,7-10,14-15H2,1-6H3/q+1. The van der Waals surface area contributed by atoms with Crippen molar-refractivity contribution < 1.29 is 4.57 Å². The number of benzene rings is 1. The van der Waals surface area contributed by atoms with Crippen LogP contribution in [0.1, 0.15) is 62.0 Å². The number of unbranched alkanes of at least 4 members (excludes halogenated alkanes) is 2. The lowest BCUT2D eigenvalue weighted by Gasteiger charge is -2.11. The summed E-state index contributed by atoms with van der Waals surface area (Å²) in [4.78, 5) is 0. The van der Waals surface area contributed by atoms with Crippen LogP contribution < -0.4 is 4.57 Å². The van der Waals surface area contributed by atoms with E-state index in [2.05, 4.69) is 68.9 Å². The van der Waals surface area contributed by atoms with Gasteiger partial charge in [-0.15, -0.1) is 0 Å². The van der Waals surface area contributed by atoms with E-state index in [1.807, 2.05) is 0 Å². The Morgan fingerprint density at radius 2 is 1.52 bits per heavy atom. The van der Waals surface area contributed by atoms with E-state index in [4.69, 9.17) is 0 Å². The first-order chi connectivity index (χ1) is 11.0. The minimum absolute atomic E-state index is 1.12. The fourth-order valence-electron chi connectivity index (χ4n) is 3.47. The number of rotatable bonds is 7. The van der Waals surface area contributed by atoms with Crippen LogP contribution in [0.4, 0.5) is 0 Å². The van der Waals surface area contributed by atoms with Gasteiger partial charge in [0, 0.05) is 13.8 Å². The minimum Gasteiger partial charge on any atom is -0.227 e. The maximum atomic E-state index is 2.56. The quantitative estimate of drug-likeness (QED) is 0.615. The predicted octanol–water partition coefficient (Wildman–Crippen LogP) is 5.28. The SMILES string of the molecule is CCCCn1c(C)c(C)[n+](CCCC)c1-c1c(C)cccc1C. The van der Waals surface area contributed by atoms with Crippen molar-refractivity contribution in [3.63, 3.8) is 0 Å². The van der Waals surface area contributed by atoms with Crippen LogP contribution in [0.25, 0.3) is 11.4 Å². The number of hydrogen-bond donors (Lipinski definition) is 0. The van der Waals surface area contributed by atoms with Gasteiger partial charge in [-0.05, 0) is 37.8 Å². The van der Waals surface area contributed by atoms with E-state index < -0.39 is 0 Å². The van der Waals surface area contributed by atoms with Crippen molar-refractivity contribution in [1.82, 2.24) is 4.57 Å². The maximum Gasteiger partial charge on any atom is 0.289 e. The summed E-state index contributed by atoms with van der Waals surface area (Å²) in [7, 11) is 0. The zero-order valence-corrected chi connectivity index (χ0v) is 15.9. The molecule has 0 bridgehead atoms. The molecule has 0 atom stereocenters. The van der Waals surface area contributed by atoms with Gasteiger partial charge in [0.15, 0.2) is 0 Å². The van der Waals surface area contributed by atoms with Crippen LogP contribution in [0, 0.1) is 27.7 Å². The molecule has 0 aliphatic rings. The molecule has 2 heteroatoms. The van der Waals surface area contributed by atoms with Crippen LogP contribution in [-0.2, 0) is 13.1 Å². The number of hydrogen-bond acceptors (Lipinski definition) is 0. The van der Waals surface area contributed by atoms with Gasteiger partial charge in [0.1, 0.15) is 11.4 Å². The van der Waals surface area contributed by atoms with E-state index in [1.165, 1.54) is 59.6 Å². The molecule has 0 fully saturated rings. The smallest absolute Gasteiger partial charge is 0.227 e. The molecule has 23 heavy (non-hydrogen) atoms. The molecule has 0 saturated carbocycles. The van der Waals surface area contributed by atoms with Gasteiger partial charge in [-0.1, -0.05) is 44.9 Å². The summed E-state index contributed by atoms with van der Waals surface area (Å²) in [6.07, 6.45) is 4.94. The lowest BCUT2D eigenvalue weighted by Crippen LogP contribution is -2.38. The highest BCUT2D eigenvalue weighted by Crippen LogP contribution is 2.28. The zero-order chi connectivity index (χ0) is 17.0. The van der Waals surface area contributed by atoms with E-state index in [1.54, 1.807) is 0 Å². The largest absolute Gasteiger partial charge is 0.289 e. The summed E-state index contributed by atoms with van der Waals surface area (Å²) >= 11 is 0. The lowest BCUT2D eigenvalue weighted by molar-refractivity contribution is -0.691. The Bertz CT molecular complexity index is 613. The second kappa shape index (κ2) is 7.81. The van der Waals surface area contributed by atoms with Crippen molar-refractivity contribution in [2.75, 3.05) is 0 Å². The highest BCUT2D eigenvalue weighted by molar-refractivity contribution is 5.63. The number of aromatic nitrogens is 2.